The lowest BCUT2D eigenvalue weighted by atomic mass is 9.98. The van der Waals surface area contributed by atoms with E-state index in [1.165, 1.54) is 22.3 Å². The number of benzene rings is 1. The molecule has 1 saturated carbocycles. The topological polar surface area (TPSA) is 12.9 Å². The lowest BCUT2D eigenvalue weighted by Crippen LogP contribution is -1.92. The monoisotopic (exact) mass is 221 g/mol. The van der Waals surface area contributed by atoms with Gasteiger partial charge in [0.05, 0.1) is 5.69 Å². The molecule has 17 heavy (non-hydrogen) atoms. The first-order chi connectivity index (χ1) is 8.27. The summed E-state index contributed by atoms with van der Waals surface area (Å²) in [5, 5.41) is 0. The van der Waals surface area contributed by atoms with Gasteiger partial charge in [0, 0.05) is 17.7 Å². The van der Waals surface area contributed by atoms with Crippen LogP contribution in [0.3, 0.4) is 0 Å². The van der Waals surface area contributed by atoms with E-state index < -0.39 is 0 Å². The van der Waals surface area contributed by atoms with Crippen molar-refractivity contribution in [2.75, 3.05) is 0 Å². The molecule has 1 aromatic carbocycles. The fraction of sp³-hybridized carbons (Fsp3) is 0.188. The molecule has 84 valence electrons. The summed E-state index contributed by atoms with van der Waals surface area (Å²) in [5.74, 6) is 0.549. The zero-order valence-electron chi connectivity index (χ0n) is 9.98. The third-order valence-electron chi connectivity index (χ3n) is 3.40. The van der Waals surface area contributed by atoms with Gasteiger partial charge in [-0.3, -0.25) is 4.98 Å². The van der Waals surface area contributed by atoms with Gasteiger partial charge in [-0.2, -0.15) is 0 Å². The lowest BCUT2D eigenvalue weighted by Gasteiger charge is -2.09. The van der Waals surface area contributed by atoms with Gasteiger partial charge in [0.25, 0.3) is 0 Å². The second-order valence-electron chi connectivity index (χ2n) is 4.67. The van der Waals surface area contributed by atoms with E-state index in [-0.39, 0.29) is 0 Å². The van der Waals surface area contributed by atoms with Crippen molar-refractivity contribution in [2.24, 2.45) is 0 Å². The summed E-state index contributed by atoms with van der Waals surface area (Å²) < 4.78 is 0. The molecule has 0 saturated heterocycles. The van der Waals surface area contributed by atoms with Crippen LogP contribution in [0, 0.1) is 6.92 Å². The molecule has 0 aliphatic heterocycles. The summed E-state index contributed by atoms with van der Waals surface area (Å²) in [6.07, 6.45) is 2.99. The molecular formula is C16H15N. The van der Waals surface area contributed by atoms with Crippen molar-refractivity contribution in [3.05, 3.63) is 65.9 Å². The third kappa shape index (κ3) is 1.78. The summed E-state index contributed by atoms with van der Waals surface area (Å²) in [5.41, 5.74) is 6.30. The zero-order valence-corrected chi connectivity index (χ0v) is 9.98. The van der Waals surface area contributed by atoms with Gasteiger partial charge in [-0.05, 0) is 30.5 Å². The number of rotatable bonds is 2. The molecule has 3 rings (SSSR count). The van der Waals surface area contributed by atoms with E-state index in [9.17, 15) is 0 Å². The average Bonchev–Trinajstić information content (AvgIpc) is 3.07. The van der Waals surface area contributed by atoms with Crippen LogP contribution in [0.25, 0.3) is 11.3 Å². The molecule has 1 aliphatic carbocycles. The number of aromatic nitrogens is 1. The lowest BCUT2D eigenvalue weighted by molar-refractivity contribution is 1.15. The Morgan fingerprint density at radius 1 is 1.18 bits per heavy atom. The first kappa shape index (κ1) is 10.3. The maximum atomic E-state index is 4.51. The van der Waals surface area contributed by atoms with Gasteiger partial charge in [-0.15, -0.1) is 0 Å². The van der Waals surface area contributed by atoms with Crippen LogP contribution in [-0.4, -0.2) is 4.98 Å². The minimum absolute atomic E-state index is 0.549. The van der Waals surface area contributed by atoms with Crippen molar-refractivity contribution in [3.8, 4) is 11.3 Å². The Balaban J connectivity index is 2.15. The second-order valence-corrected chi connectivity index (χ2v) is 4.67. The number of aryl methyl sites for hydroxylation is 1. The van der Waals surface area contributed by atoms with Crippen LogP contribution in [0.2, 0.25) is 0 Å². The van der Waals surface area contributed by atoms with Crippen LogP contribution in [0.1, 0.15) is 23.5 Å². The van der Waals surface area contributed by atoms with Gasteiger partial charge < -0.3 is 0 Å². The van der Waals surface area contributed by atoms with E-state index in [4.69, 9.17) is 0 Å². The highest BCUT2D eigenvalue weighted by atomic mass is 14.7. The maximum Gasteiger partial charge on any atom is 0.0734 e. The average molecular weight is 221 g/mol. The number of hydrogen-bond acceptors (Lipinski definition) is 1. The molecule has 1 fully saturated rings. The van der Waals surface area contributed by atoms with Crippen molar-refractivity contribution in [1.82, 2.24) is 4.98 Å². The molecule has 2 aromatic rings. The van der Waals surface area contributed by atoms with Gasteiger partial charge in [-0.1, -0.05) is 42.5 Å². The molecule has 1 nitrogen and oxygen atoms in total. The van der Waals surface area contributed by atoms with E-state index in [1.54, 1.807) is 0 Å². The molecule has 0 N–H and O–H groups in total. The standard InChI is InChI=1S/C16H15N/c1-11-6-5-9-17-16(11)14-8-4-3-7-13(14)15-10-12(15)2/h3-9,15H,2,10H2,1H3. The Bertz CT molecular complexity index is 584. The Labute approximate surface area is 102 Å². The van der Waals surface area contributed by atoms with Crippen molar-refractivity contribution in [1.29, 1.82) is 0 Å². The molecule has 0 spiro atoms. The molecule has 0 bridgehead atoms. The largest absolute Gasteiger partial charge is 0.256 e. The Hall–Kier alpha value is -1.89. The number of hydrogen-bond donors (Lipinski definition) is 0. The van der Waals surface area contributed by atoms with Gasteiger partial charge in [0.2, 0.25) is 0 Å². The van der Waals surface area contributed by atoms with Crippen molar-refractivity contribution in [2.45, 2.75) is 19.3 Å². The molecule has 1 atom stereocenters. The quantitative estimate of drug-likeness (QED) is 0.696. The molecule has 1 unspecified atom stereocenters. The summed E-state index contributed by atoms with van der Waals surface area (Å²) in [7, 11) is 0. The highest BCUT2D eigenvalue weighted by Crippen LogP contribution is 2.48. The van der Waals surface area contributed by atoms with E-state index in [0.717, 1.165) is 12.1 Å². The molecule has 1 aliphatic rings. The van der Waals surface area contributed by atoms with Gasteiger partial charge in [0.15, 0.2) is 0 Å². The maximum absolute atomic E-state index is 4.51. The normalized spacial score (nSPS) is 18.2. The van der Waals surface area contributed by atoms with Gasteiger partial charge in [-0.25, -0.2) is 0 Å². The van der Waals surface area contributed by atoms with Crippen molar-refractivity contribution < 1.29 is 0 Å². The predicted octanol–water partition coefficient (Wildman–Crippen LogP) is 4.10. The predicted molar refractivity (Wildman–Crippen MR) is 70.9 cm³/mol. The van der Waals surface area contributed by atoms with E-state index in [2.05, 4.69) is 48.8 Å². The summed E-state index contributed by atoms with van der Waals surface area (Å²) in [6.45, 7) is 6.17. The Kier molecular flexibility index (Phi) is 2.32. The summed E-state index contributed by atoms with van der Waals surface area (Å²) >= 11 is 0. The SMILES string of the molecule is C=C1CC1c1ccccc1-c1ncccc1C. The first-order valence-corrected chi connectivity index (χ1v) is 5.96. The van der Waals surface area contributed by atoms with E-state index >= 15 is 0 Å². The minimum Gasteiger partial charge on any atom is -0.256 e. The van der Waals surface area contributed by atoms with Crippen molar-refractivity contribution in [3.63, 3.8) is 0 Å². The highest BCUT2D eigenvalue weighted by molar-refractivity contribution is 5.69. The van der Waals surface area contributed by atoms with E-state index in [1.807, 2.05) is 12.3 Å². The first-order valence-electron chi connectivity index (χ1n) is 5.96. The van der Waals surface area contributed by atoms with Crippen LogP contribution in [-0.2, 0) is 0 Å². The van der Waals surface area contributed by atoms with Crippen LogP contribution in [0.15, 0.2) is 54.7 Å². The Morgan fingerprint density at radius 3 is 2.65 bits per heavy atom. The molecule has 0 amide bonds. The van der Waals surface area contributed by atoms with Crippen LogP contribution >= 0.6 is 0 Å². The smallest absolute Gasteiger partial charge is 0.0734 e. The fourth-order valence-electron chi connectivity index (χ4n) is 2.32. The molecule has 1 heteroatoms. The molecule has 1 aromatic heterocycles. The van der Waals surface area contributed by atoms with Gasteiger partial charge >= 0.3 is 0 Å². The highest BCUT2D eigenvalue weighted by Gasteiger charge is 2.31. The van der Waals surface area contributed by atoms with Crippen LogP contribution < -0.4 is 0 Å². The number of pyridine rings is 1. The summed E-state index contributed by atoms with van der Waals surface area (Å²) in [4.78, 5) is 4.51. The zero-order chi connectivity index (χ0) is 11.8. The van der Waals surface area contributed by atoms with Crippen LogP contribution in [0.4, 0.5) is 0 Å². The number of allylic oxidation sites excluding steroid dienone is 1. The van der Waals surface area contributed by atoms with Gasteiger partial charge in [0.1, 0.15) is 0 Å². The third-order valence-corrected chi connectivity index (χ3v) is 3.40. The minimum atomic E-state index is 0.549. The molecule has 1 heterocycles. The van der Waals surface area contributed by atoms with Crippen molar-refractivity contribution >= 4 is 0 Å². The summed E-state index contributed by atoms with van der Waals surface area (Å²) in [6, 6.07) is 12.6. The Morgan fingerprint density at radius 2 is 1.94 bits per heavy atom. The second kappa shape index (κ2) is 3.85. The molecular weight excluding hydrogens is 206 g/mol. The fourth-order valence-corrected chi connectivity index (χ4v) is 2.32. The molecule has 0 radical (unpaired) electrons. The number of nitrogens with zero attached hydrogens (tertiary/aromatic N) is 1. The van der Waals surface area contributed by atoms with E-state index in [0.29, 0.717) is 5.92 Å². The van der Waals surface area contributed by atoms with Crippen LogP contribution in [0.5, 0.6) is 0 Å².